The van der Waals surface area contributed by atoms with Crippen LogP contribution in [0, 0.1) is 19.3 Å². The molecule has 2 saturated heterocycles. The van der Waals surface area contributed by atoms with Crippen LogP contribution >= 0.6 is 11.3 Å². The van der Waals surface area contributed by atoms with Gasteiger partial charge in [-0.1, -0.05) is 63.2 Å². The van der Waals surface area contributed by atoms with Gasteiger partial charge in [-0.15, -0.1) is 11.3 Å². The largest absolute Gasteiger partial charge is 0.391 e. The predicted octanol–water partition coefficient (Wildman–Crippen LogP) is 6.57. The molecule has 0 spiro atoms. The molecular weight excluding hydrogens is 1090 g/mol. The van der Waals surface area contributed by atoms with E-state index in [0.29, 0.717) is 76.5 Å². The second-order valence-corrected chi connectivity index (χ2v) is 22.7. The first-order chi connectivity index (χ1) is 40.6. The summed E-state index contributed by atoms with van der Waals surface area (Å²) in [4.78, 5) is 90.9. The van der Waals surface area contributed by atoms with Gasteiger partial charge in [-0.3, -0.25) is 33.9 Å². The number of aliphatic hydroxyl groups is 1. The van der Waals surface area contributed by atoms with E-state index in [2.05, 4.69) is 46.1 Å². The van der Waals surface area contributed by atoms with Gasteiger partial charge < -0.3 is 55.1 Å². The number of aromatic nitrogens is 4. The third kappa shape index (κ3) is 18.5. The molecular formula is C62H77N11O10S. The number of thiazole rings is 1. The molecule has 3 aromatic heterocycles. The van der Waals surface area contributed by atoms with Crippen molar-refractivity contribution >= 4 is 58.2 Å². The fraction of sp³-hybridized carbons (Fsp3) is 0.435. The lowest BCUT2D eigenvalue weighted by atomic mass is 9.85. The molecule has 0 radical (unpaired) electrons. The van der Waals surface area contributed by atoms with E-state index >= 15 is 0 Å². The summed E-state index contributed by atoms with van der Waals surface area (Å²) in [6.07, 6.45) is 4.69. The van der Waals surface area contributed by atoms with Crippen LogP contribution in [-0.2, 0) is 51.2 Å². The van der Waals surface area contributed by atoms with Gasteiger partial charge in [0.1, 0.15) is 12.1 Å². The molecule has 6 aromatic rings. The standard InChI is InChI=1S/C62H77N11O10S/c1-42-8-17-49(35-52(42)69-61-64-22-18-51(68-61)48-7-6-21-63-38-48)67-58(77)47-15-11-45(12-16-47)39-71-23-25-72(26-24-71)55(76)20-28-81-30-32-83-34-33-82-31-29-80-27-19-54(75)70-57(62(3,4)5)60(79)73-40-50(74)36-53(73)59(78)65-37-44-9-13-46(14-10-44)56-43(2)66-41-84-56/h6-18,21-22,35,38,41,50,53,57,74H,19-20,23-34,36-37,39-40H2,1-5H3,(H,65,78)(H,67,77)(H,70,75)(H,64,68,69)/t50-,53+,57-/m1/s1. The Morgan fingerprint density at radius 2 is 1.44 bits per heavy atom. The van der Waals surface area contributed by atoms with Gasteiger partial charge in [0.2, 0.25) is 29.6 Å². The quantitative estimate of drug-likeness (QED) is 0.0326. The van der Waals surface area contributed by atoms with E-state index in [0.717, 1.165) is 62.9 Å². The second-order valence-electron chi connectivity index (χ2n) is 21.9. The van der Waals surface area contributed by atoms with Gasteiger partial charge in [-0.2, -0.15) is 0 Å². The molecule has 2 aliphatic heterocycles. The van der Waals surface area contributed by atoms with Gasteiger partial charge in [0.25, 0.3) is 5.91 Å². The van der Waals surface area contributed by atoms with E-state index in [9.17, 15) is 29.1 Å². The number of benzene rings is 3. The SMILES string of the molecule is Cc1ccc(NC(=O)c2ccc(CN3CCN(C(=O)CCOCCOCCOCCOCCC(=O)N[C@H](C(=O)N4C[C@H](O)C[C@H]4C(=O)NCc4ccc(-c5scnc5C)cc4)C(C)(C)C)CC3)cc2)cc1Nc1nccc(-c2cccnc2)n1. The third-order valence-electron chi connectivity index (χ3n) is 14.5. The monoisotopic (exact) mass is 1170 g/mol. The highest BCUT2D eigenvalue weighted by atomic mass is 32.1. The van der Waals surface area contributed by atoms with Crippen molar-refractivity contribution in [2.24, 2.45) is 5.41 Å². The number of nitrogens with zero attached hydrogens (tertiary/aromatic N) is 7. The number of carbonyl (C=O) groups excluding carboxylic acids is 5. The topological polar surface area (TPSA) is 252 Å². The summed E-state index contributed by atoms with van der Waals surface area (Å²) >= 11 is 1.57. The third-order valence-corrected chi connectivity index (χ3v) is 15.4. The molecule has 21 nitrogen and oxygen atoms in total. The van der Waals surface area contributed by atoms with Crippen LogP contribution in [0.4, 0.5) is 17.3 Å². The van der Waals surface area contributed by atoms with Crippen molar-refractivity contribution in [3.8, 4) is 21.7 Å². The van der Waals surface area contributed by atoms with E-state index in [-0.39, 0.29) is 69.2 Å². The van der Waals surface area contributed by atoms with E-state index < -0.39 is 29.5 Å². The number of pyridine rings is 1. The maximum absolute atomic E-state index is 14.0. The number of rotatable bonds is 28. The Morgan fingerprint density at radius 1 is 0.762 bits per heavy atom. The van der Waals surface area contributed by atoms with E-state index in [1.165, 1.54) is 4.90 Å². The van der Waals surface area contributed by atoms with Crippen LogP contribution in [0.5, 0.6) is 0 Å². The molecule has 0 bridgehead atoms. The Hall–Kier alpha value is -7.57. The van der Waals surface area contributed by atoms with Gasteiger partial charge in [0, 0.05) is 99.7 Å². The number of anilines is 3. The summed E-state index contributed by atoms with van der Waals surface area (Å²) in [6.45, 7) is 15.5. The van der Waals surface area contributed by atoms with E-state index in [1.807, 2.05) is 130 Å². The Morgan fingerprint density at radius 3 is 2.10 bits per heavy atom. The smallest absolute Gasteiger partial charge is 0.255 e. The van der Waals surface area contributed by atoms with Gasteiger partial charge in [0.05, 0.1) is 87.2 Å². The number of hydrogen-bond donors (Lipinski definition) is 5. The molecule has 5 heterocycles. The highest BCUT2D eigenvalue weighted by Gasteiger charge is 2.44. The number of amides is 5. The summed E-state index contributed by atoms with van der Waals surface area (Å²) in [5.41, 5.74) is 9.64. The number of hydrogen-bond acceptors (Lipinski definition) is 17. The second kappa shape index (κ2) is 30.8. The molecule has 3 aromatic carbocycles. The molecule has 0 saturated carbocycles. The van der Waals surface area contributed by atoms with E-state index in [1.54, 1.807) is 29.9 Å². The van der Waals surface area contributed by atoms with Crippen LogP contribution in [0.2, 0.25) is 0 Å². The summed E-state index contributed by atoms with van der Waals surface area (Å²) in [5.74, 6) is -0.905. The van der Waals surface area contributed by atoms with Crippen molar-refractivity contribution in [1.82, 2.24) is 45.3 Å². The number of nitrogens with one attached hydrogen (secondary N) is 4. The number of ether oxygens (including phenoxy) is 4. The number of carbonyl (C=O) groups is 5. The molecule has 446 valence electrons. The molecule has 5 N–H and O–H groups in total. The lowest BCUT2D eigenvalue weighted by Crippen LogP contribution is -2.57. The fourth-order valence-electron chi connectivity index (χ4n) is 9.68. The molecule has 84 heavy (non-hydrogen) atoms. The lowest BCUT2D eigenvalue weighted by Gasteiger charge is -2.35. The molecule has 0 aliphatic carbocycles. The van der Waals surface area contributed by atoms with Crippen LogP contribution in [-0.4, -0.2) is 173 Å². The van der Waals surface area contributed by atoms with Crippen molar-refractivity contribution in [3.05, 3.63) is 137 Å². The molecule has 2 fully saturated rings. The Kier molecular flexibility index (Phi) is 22.9. The zero-order valence-corrected chi connectivity index (χ0v) is 49.3. The first-order valence-electron chi connectivity index (χ1n) is 28.5. The highest BCUT2D eigenvalue weighted by molar-refractivity contribution is 7.13. The van der Waals surface area contributed by atoms with Crippen molar-refractivity contribution in [3.63, 3.8) is 0 Å². The minimum Gasteiger partial charge on any atom is -0.391 e. The zero-order valence-electron chi connectivity index (χ0n) is 48.5. The van der Waals surface area contributed by atoms with Crippen molar-refractivity contribution in [2.75, 3.05) is 96.2 Å². The Balaban J connectivity index is 0.627. The van der Waals surface area contributed by atoms with Crippen LogP contribution in [0.1, 0.15) is 72.8 Å². The minimum atomic E-state index is -0.940. The number of aryl methyl sites for hydroxylation is 2. The summed E-state index contributed by atoms with van der Waals surface area (Å²) in [7, 11) is 0. The van der Waals surface area contributed by atoms with Crippen LogP contribution in [0.15, 0.2) is 109 Å². The summed E-state index contributed by atoms with van der Waals surface area (Å²) < 4.78 is 22.5. The summed E-state index contributed by atoms with van der Waals surface area (Å²) in [5, 5.41) is 22.6. The normalized spacial score (nSPS) is 15.8. The summed E-state index contributed by atoms with van der Waals surface area (Å²) in [6, 6.07) is 24.9. The lowest BCUT2D eigenvalue weighted by molar-refractivity contribution is -0.144. The maximum atomic E-state index is 14.0. The van der Waals surface area contributed by atoms with Gasteiger partial charge in [-0.25, -0.2) is 15.0 Å². The van der Waals surface area contributed by atoms with Crippen LogP contribution in [0.3, 0.4) is 0 Å². The van der Waals surface area contributed by atoms with Gasteiger partial charge in [0.15, 0.2) is 0 Å². The number of aliphatic hydroxyl groups excluding tert-OH is 1. The first kappa shape index (κ1) is 62.5. The Bertz CT molecular complexity index is 3120. The number of piperazine rings is 1. The zero-order chi connectivity index (χ0) is 59.4. The van der Waals surface area contributed by atoms with Gasteiger partial charge >= 0.3 is 0 Å². The highest BCUT2D eigenvalue weighted by Crippen LogP contribution is 2.30. The molecule has 2 aliphatic rings. The van der Waals surface area contributed by atoms with Crippen molar-refractivity contribution in [1.29, 1.82) is 0 Å². The van der Waals surface area contributed by atoms with Crippen LogP contribution in [0.25, 0.3) is 21.7 Å². The molecule has 22 heteroatoms. The molecule has 0 unspecified atom stereocenters. The number of β-amino-alcohol motifs (C(OH)–C–C–N with tert-alkyl or cyclic N) is 1. The van der Waals surface area contributed by atoms with E-state index in [4.69, 9.17) is 18.9 Å². The van der Waals surface area contributed by atoms with Crippen LogP contribution < -0.4 is 21.3 Å². The average Bonchev–Trinajstić information content (AvgIpc) is 3.96. The minimum absolute atomic E-state index is 0.0128. The average molecular weight is 1170 g/mol. The van der Waals surface area contributed by atoms with Crippen molar-refractivity contribution in [2.45, 2.75) is 85.2 Å². The molecule has 3 atom stereocenters. The molecule has 5 amide bonds. The molecule has 8 rings (SSSR count). The van der Waals surface area contributed by atoms with Gasteiger partial charge in [-0.05, 0) is 84.0 Å². The predicted molar refractivity (Wildman–Crippen MR) is 320 cm³/mol. The van der Waals surface area contributed by atoms with Crippen molar-refractivity contribution < 1.29 is 48.0 Å². The fourth-order valence-corrected chi connectivity index (χ4v) is 10.5. The Labute approximate surface area is 494 Å². The first-order valence-corrected chi connectivity index (χ1v) is 29.3. The maximum Gasteiger partial charge on any atom is 0.255 e. The number of likely N-dealkylation sites (tertiary alicyclic amines) is 1.